The molecule has 2 aliphatic heterocycles. The molecular formula is C42H78O15. The summed E-state index contributed by atoms with van der Waals surface area (Å²) in [5.74, 6) is -0.925. The number of carbonyl (C=O) groups is 2. The van der Waals surface area contributed by atoms with Crippen molar-refractivity contribution in [2.75, 3.05) is 26.4 Å². The van der Waals surface area contributed by atoms with Crippen LogP contribution in [0.5, 0.6) is 0 Å². The van der Waals surface area contributed by atoms with Gasteiger partial charge in [0.05, 0.1) is 19.8 Å². The van der Waals surface area contributed by atoms with Crippen molar-refractivity contribution < 1.29 is 73.8 Å². The van der Waals surface area contributed by atoms with Crippen molar-refractivity contribution in [2.24, 2.45) is 0 Å². The van der Waals surface area contributed by atoms with E-state index in [1.807, 2.05) is 0 Å². The molecule has 0 radical (unpaired) electrons. The molecule has 11 atom stereocenters. The molecule has 57 heavy (non-hydrogen) atoms. The number of hydrogen-bond donors (Lipinski definition) is 7. The average molecular weight is 823 g/mol. The van der Waals surface area contributed by atoms with E-state index >= 15 is 0 Å². The molecule has 0 aromatic rings. The van der Waals surface area contributed by atoms with Crippen molar-refractivity contribution in [1.82, 2.24) is 0 Å². The van der Waals surface area contributed by atoms with E-state index in [1.54, 1.807) is 0 Å². The second-order valence-electron chi connectivity index (χ2n) is 15.9. The van der Waals surface area contributed by atoms with Crippen LogP contribution in [0.15, 0.2) is 0 Å². The summed E-state index contributed by atoms with van der Waals surface area (Å²) < 4.78 is 33.3. The van der Waals surface area contributed by atoms with Crippen LogP contribution in [0.1, 0.15) is 162 Å². The third-order valence-corrected chi connectivity index (χ3v) is 10.8. The summed E-state index contributed by atoms with van der Waals surface area (Å²) >= 11 is 0. The maximum absolute atomic E-state index is 12.8. The molecule has 0 spiro atoms. The van der Waals surface area contributed by atoms with Crippen molar-refractivity contribution in [2.45, 2.75) is 229 Å². The zero-order valence-electron chi connectivity index (χ0n) is 34.8. The second-order valence-corrected chi connectivity index (χ2v) is 15.9. The predicted octanol–water partition coefficient (Wildman–Crippen LogP) is 4.09. The zero-order chi connectivity index (χ0) is 41.8. The fourth-order valence-corrected chi connectivity index (χ4v) is 7.10. The van der Waals surface area contributed by atoms with Gasteiger partial charge in [-0.2, -0.15) is 0 Å². The molecule has 2 rings (SSSR count). The molecule has 0 aromatic carbocycles. The van der Waals surface area contributed by atoms with Crippen LogP contribution in [0, 0.1) is 0 Å². The number of aliphatic hydroxyl groups is 7. The first-order chi connectivity index (χ1) is 27.5. The summed E-state index contributed by atoms with van der Waals surface area (Å²) in [4.78, 5) is 25.4. The van der Waals surface area contributed by atoms with Gasteiger partial charge >= 0.3 is 11.9 Å². The Morgan fingerprint density at radius 1 is 0.491 bits per heavy atom. The third-order valence-electron chi connectivity index (χ3n) is 10.8. The van der Waals surface area contributed by atoms with Gasteiger partial charge in [-0.1, -0.05) is 136 Å². The average Bonchev–Trinajstić information content (AvgIpc) is 3.20. The highest BCUT2D eigenvalue weighted by atomic mass is 16.7. The van der Waals surface area contributed by atoms with Gasteiger partial charge in [0, 0.05) is 12.8 Å². The van der Waals surface area contributed by atoms with Crippen LogP contribution >= 0.6 is 0 Å². The Kier molecular flexibility index (Phi) is 28.4. The first-order valence-electron chi connectivity index (χ1n) is 22.1. The number of esters is 2. The van der Waals surface area contributed by atoms with Gasteiger partial charge in [0.1, 0.15) is 55.4 Å². The van der Waals surface area contributed by atoms with E-state index < -0.39 is 92.7 Å². The molecule has 15 nitrogen and oxygen atoms in total. The summed E-state index contributed by atoms with van der Waals surface area (Å²) in [5, 5.41) is 71.6. The number of ether oxygens (including phenoxy) is 6. The molecule has 0 aliphatic carbocycles. The smallest absolute Gasteiger partial charge is 0.306 e. The van der Waals surface area contributed by atoms with E-state index in [0.717, 1.165) is 51.4 Å². The zero-order valence-corrected chi connectivity index (χ0v) is 34.8. The maximum Gasteiger partial charge on any atom is 0.306 e. The highest BCUT2D eigenvalue weighted by Crippen LogP contribution is 2.26. The number of unbranched alkanes of at least 4 members (excludes halogenated alkanes) is 19. The summed E-state index contributed by atoms with van der Waals surface area (Å²) in [6, 6.07) is 0. The lowest BCUT2D eigenvalue weighted by Crippen LogP contribution is -2.61. The standard InChI is InChI=1S/C42H78O15/c1-3-5-7-9-11-12-13-14-15-16-17-19-20-22-24-33(44)52-27-30(55-34(45)25-23-21-18-10-8-6-4-2)28-53-41-40(51)38(49)36(47)32(57-41)29-54-42-39(50)37(48)35(46)31(26-43)56-42/h30-32,35-43,46-51H,3-29H2,1-2H3/t30-,31-,32-,35+,36+,37?,38?,39?,40?,41-,42-/m1/s1. The second kappa shape index (κ2) is 31.4. The van der Waals surface area contributed by atoms with Crippen LogP contribution < -0.4 is 0 Å². The fraction of sp³-hybridized carbons (Fsp3) is 0.952. The molecule has 4 unspecified atom stereocenters. The minimum absolute atomic E-state index is 0.169. The Hall–Kier alpha value is -1.50. The van der Waals surface area contributed by atoms with E-state index in [9.17, 15) is 45.3 Å². The van der Waals surface area contributed by atoms with Gasteiger partial charge in [-0.05, 0) is 12.8 Å². The van der Waals surface area contributed by atoms with E-state index in [4.69, 9.17) is 28.4 Å². The van der Waals surface area contributed by atoms with Gasteiger partial charge in [-0.3, -0.25) is 9.59 Å². The lowest BCUT2D eigenvalue weighted by molar-refractivity contribution is -0.332. The molecule has 2 aliphatic rings. The van der Waals surface area contributed by atoms with E-state index in [-0.39, 0.29) is 26.1 Å². The summed E-state index contributed by atoms with van der Waals surface area (Å²) in [5.41, 5.74) is 0. The van der Waals surface area contributed by atoms with Gasteiger partial charge in [0.2, 0.25) is 0 Å². The van der Waals surface area contributed by atoms with Crippen LogP contribution in [0.3, 0.4) is 0 Å². The molecule has 0 bridgehead atoms. The number of hydrogen-bond acceptors (Lipinski definition) is 15. The molecule has 0 amide bonds. The Balaban J connectivity index is 1.83. The van der Waals surface area contributed by atoms with E-state index in [1.165, 1.54) is 70.6 Å². The molecule has 2 saturated heterocycles. The van der Waals surface area contributed by atoms with Gasteiger partial charge < -0.3 is 64.2 Å². The minimum Gasteiger partial charge on any atom is -0.462 e. The third kappa shape index (κ3) is 21.0. The van der Waals surface area contributed by atoms with E-state index in [0.29, 0.717) is 12.8 Å². The molecular weight excluding hydrogens is 744 g/mol. The molecule has 2 heterocycles. The highest BCUT2D eigenvalue weighted by molar-refractivity contribution is 5.70. The van der Waals surface area contributed by atoms with Crippen molar-refractivity contribution in [3.05, 3.63) is 0 Å². The van der Waals surface area contributed by atoms with Crippen LogP contribution in [0.4, 0.5) is 0 Å². The van der Waals surface area contributed by atoms with Crippen LogP contribution in [-0.4, -0.2) is 142 Å². The number of rotatable bonds is 33. The Bertz CT molecular complexity index is 1020. The van der Waals surface area contributed by atoms with Crippen LogP contribution in [0.2, 0.25) is 0 Å². The van der Waals surface area contributed by atoms with Crippen molar-refractivity contribution in [3.8, 4) is 0 Å². The van der Waals surface area contributed by atoms with Crippen LogP contribution in [-0.2, 0) is 38.0 Å². The molecule has 336 valence electrons. The number of aliphatic hydroxyl groups excluding tert-OH is 7. The topological polar surface area (TPSA) is 231 Å². The lowest BCUT2D eigenvalue weighted by atomic mass is 9.98. The summed E-state index contributed by atoms with van der Waals surface area (Å²) in [6.07, 6.45) is 7.51. The summed E-state index contributed by atoms with van der Waals surface area (Å²) in [6.45, 7) is 2.52. The quantitative estimate of drug-likeness (QED) is 0.0365. The van der Waals surface area contributed by atoms with Gasteiger partial charge in [-0.25, -0.2) is 0 Å². The van der Waals surface area contributed by atoms with Crippen molar-refractivity contribution in [1.29, 1.82) is 0 Å². The fourth-order valence-electron chi connectivity index (χ4n) is 7.10. The van der Waals surface area contributed by atoms with Gasteiger partial charge in [-0.15, -0.1) is 0 Å². The minimum atomic E-state index is -1.76. The molecule has 2 fully saturated rings. The molecule has 0 saturated carbocycles. The lowest BCUT2D eigenvalue weighted by Gasteiger charge is -2.42. The van der Waals surface area contributed by atoms with Crippen LogP contribution in [0.25, 0.3) is 0 Å². The van der Waals surface area contributed by atoms with E-state index in [2.05, 4.69) is 13.8 Å². The highest BCUT2D eigenvalue weighted by Gasteiger charge is 2.47. The van der Waals surface area contributed by atoms with Gasteiger partial charge in [0.25, 0.3) is 0 Å². The normalized spacial score (nSPS) is 28.3. The Morgan fingerprint density at radius 3 is 1.37 bits per heavy atom. The van der Waals surface area contributed by atoms with Crippen molar-refractivity contribution >= 4 is 11.9 Å². The van der Waals surface area contributed by atoms with Gasteiger partial charge in [0.15, 0.2) is 18.7 Å². The SMILES string of the molecule is CCCCCCCCCCCCCCCCC(=O)OC[C@H](CO[C@@H]1O[C@H](CO[C@@H]2O[C@H](CO)[C@H](O)C(O)C2O)[C@H](O)C(O)C1O)OC(=O)CCCCCCCCC. The first-order valence-corrected chi connectivity index (χ1v) is 22.1. The summed E-state index contributed by atoms with van der Waals surface area (Å²) in [7, 11) is 0. The Morgan fingerprint density at radius 2 is 0.895 bits per heavy atom. The Labute approximate surface area is 340 Å². The first kappa shape index (κ1) is 51.6. The molecule has 0 aromatic heterocycles. The molecule has 15 heteroatoms. The monoisotopic (exact) mass is 823 g/mol. The largest absolute Gasteiger partial charge is 0.462 e. The van der Waals surface area contributed by atoms with Crippen molar-refractivity contribution in [3.63, 3.8) is 0 Å². The predicted molar refractivity (Wildman–Crippen MR) is 211 cm³/mol. The number of carbonyl (C=O) groups excluding carboxylic acids is 2. The molecule has 7 N–H and O–H groups in total. The maximum atomic E-state index is 12.8.